The second kappa shape index (κ2) is 8.52. The van der Waals surface area contributed by atoms with E-state index in [4.69, 9.17) is 23.2 Å². The number of imide groups is 1. The van der Waals surface area contributed by atoms with E-state index in [9.17, 15) is 14.4 Å². The van der Waals surface area contributed by atoms with E-state index in [0.717, 1.165) is 5.56 Å². The van der Waals surface area contributed by atoms with Gasteiger partial charge >= 0.3 is 0 Å². The molecule has 1 atom stereocenters. The minimum absolute atomic E-state index is 0.0117. The Morgan fingerprint density at radius 3 is 2.56 bits per heavy atom. The molecule has 2 aromatic carbocycles. The molecule has 0 saturated carbocycles. The molecule has 140 valence electrons. The lowest BCUT2D eigenvalue weighted by molar-refractivity contribution is -0.138. The van der Waals surface area contributed by atoms with E-state index < -0.39 is 11.9 Å². The smallest absolute Gasteiger partial charge is 0.266 e. The zero-order valence-corrected chi connectivity index (χ0v) is 15.8. The van der Waals surface area contributed by atoms with E-state index in [-0.39, 0.29) is 28.8 Å². The molecule has 1 aliphatic rings. The number of benzene rings is 2. The van der Waals surface area contributed by atoms with Crippen molar-refractivity contribution in [2.24, 2.45) is 0 Å². The molecular formula is C19H17Cl2N3O3. The summed E-state index contributed by atoms with van der Waals surface area (Å²) in [4.78, 5) is 38.0. The minimum atomic E-state index is -0.803. The molecule has 27 heavy (non-hydrogen) atoms. The molecule has 0 spiro atoms. The van der Waals surface area contributed by atoms with Gasteiger partial charge in [-0.3, -0.25) is 24.7 Å². The average molecular weight is 406 g/mol. The predicted octanol–water partition coefficient (Wildman–Crippen LogP) is 2.60. The monoisotopic (exact) mass is 405 g/mol. The Hall–Kier alpha value is -2.41. The standard InChI is InChI=1S/C19H17Cl2N3O3/c20-13-6-7-14(15(21)10-13)18(26)23-22-16-11-17(25)24(19(16)27)9-8-12-4-2-1-3-5-12/h1-7,10,16,22H,8-9,11H2,(H,23,26)/t16-/m1/s1. The summed E-state index contributed by atoms with van der Waals surface area (Å²) < 4.78 is 0. The molecule has 0 aliphatic carbocycles. The highest BCUT2D eigenvalue weighted by Gasteiger charge is 2.38. The van der Waals surface area contributed by atoms with Gasteiger partial charge in [0.2, 0.25) is 11.8 Å². The van der Waals surface area contributed by atoms with Gasteiger partial charge in [0.25, 0.3) is 5.91 Å². The molecule has 0 aromatic heterocycles. The Kier molecular flexibility index (Phi) is 6.11. The fourth-order valence-corrected chi connectivity index (χ4v) is 3.30. The van der Waals surface area contributed by atoms with Gasteiger partial charge in [-0.15, -0.1) is 0 Å². The van der Waals surface area contributed by atoms with Crippen molar-refractivity contribution >= 4 is 40.9 Å². The number of rotatable bonds is 6. The lowest BCUT2D eigenvalue weighted by atomic mass is 10.1. The lowest BCUT2D eigenvalue weighted by Crippen LogP contribution is -2.48. The maximum atomic E-state index is 12.4. The van der Waals surface area contributed by atoms with Crippen molar-refractivity contribution in [3.63, 3.8) is 0 Å². The number of hydrogen-bond acceptors (Lipinski definition) is 4. The van der Waals surface area contributed by atoms with Crippen LogP contribution in [0.4, 0.5) is 0 Å². The van der Waals surface area contributed by atoms with Crippen LogP contribution in [-0.2, 0) is 16.0 Å². The Bertz CT molecular complexity index is 874. The van der Waals surface area contributed by atoms with E-state index in [1.54, 1.807) is 0 Å². The van der Waals surface area contributed by atoms with Crippen molar-refractivity contribution in [2.45, 2.75) is 18.9 Å². The number of hydrazine groups is 1. The predicted molar refractivity (Wildman–Crippen MR) is 102 cm³/mol. The van der Waals surface area contributed by atoms with Crippen molar-refractivity contribution in [1.29, 1.82) is 0 Å². The highest BCUT2D eigenvalue weighted by atomic mass is 35.5. The second-order valence-corrected chi connectivity index (χ2v) is 6.94. The van der Waals surface area contributed by atoms with Crippen molar-refractivity contribution in [1.82, 2.24) is 15.8 Å². The number of nitrogens with one attached hydrogen (secondary N) is 2. The molecule has 2 aromatic rings. The number of carbonyl (C=O) groups is 3. The van der Waals surface area contributed by atoms with Crippen LogP contribution in [-0.4, -0.2) is 35.2 Å². The summed E-state index contributed by atoms with van der Waals surface area (Å²) in [5.74, 6) is -1.15. The van der Waals surface area contributed by atoms with Crippen LogP contribution in [0.3, 0.4) is 0 Å². The molecule has 2 N–H and O–H groups in total. The van der Waals surface area contributed by atoms with Crippen LogP contribution in [0.1, 0.15) is 22.3 Å². The largest absolute Gasteiger partial charge is 0.287 e. The van der Waals surface area contributed by atoms with Crippen molar-refractivity contribution in [3.8, 4) is 0 Å². The van der Waals surface area contributed by atoms with Crippen LogP contribution in [0, 0.1) is 0 Å². The second-order valence-electron chi connectivity index (χ2n) is 6.10. The van der Waals surface area contributed by atoms with Crippen LogP contribution in [0.5, 0.6) is 0 Å². The molecule has 6 nitrogen and oxygen atoms in total. The summed E-state index contributed by atoms with van der Waals surface area (Å²) >= 11 is 11.8. The molecule has 1 saturated heterocycles. The first-order valence-corrected chi connectivity index (χ1v) is 9.10. The van der Waals surface area contributed by atoms with Gasteiger partial charge in [-0.25, -0.2) is 5.43 Å². The molecule has 1 heterocycles. The fourth-order valence-electron chi connectivity index (χ4n) is 2.81. The highest BCUT2D eigenvalue weighted by Crippen LogP contribution is 2.21. The van der Waals surface area contributed by atoms with Gasteiger partial charge in [0.1, 0.15) is 6.04 Å². The maximum absolute atomic E-state index is 12.4. The number of halogens is 2. The summed E-state index contributed by atoms with van der Waals surface area (Å²) in [7, 11) is 0. The molecular weight excluding hydrogens is 389 g/mol. The van der Waals surface area contributed by atoms with Crippen molar-refractivity contribution in [2.75, 3.05) is 6.54 Å². The van der Waals surface area contributed by atoms with Gasteiger partial charge in [0.05, 0.1) is 17.0 Å². The first-order chi connectivity index (χ1) is 13.0. The van der Waals surface area contributed by atoms with E-state index in [0.29, 0.717) is 18.0 Å². The average Bonchev–Trinajstić information content (AvgIpc) is 2.92. The summed E-state index contributed by atoms with van der Waals surface area (Å²) in [5, 5.41) is 0.607. The van der Waals surface area contributed by atoms with Crippen LogP contribution in [0.2, 0.25) is 10.0 Å². The Morgan fingerprint density at radius 2 is 1.85 bits per heavy atom. The lowest BCUT2D eigenvalue weighted by Gasteiger charge is -2.16. The summed E-state index contributed by atoms with van der Waals surface area (Å²) in [5.41, 5.74) is 6.31. The Balaban J connectivity index is 1.56. The Morgan fingerprint density at radius 1 is 1.11 bits per heavy atom. The third-order valence-corrected chi connectivity index (χ3v) is 4.79. The minimum Gasteiger partial charge on any atom is -0.287 e. The van der Waals surface area contributed by atoms with Crippen LogP contribution in [0.15, 0.2) is 48.5 Å². The zero-order valence-electron chi connectivity index (χ0n) is 14.2. The van der Waals surface area contributed by atoms with Gasteiger partial charge < -0.3 is 0 Å². The number of amides is 3. The number of nitrogens with zero attached hydrogens (tertiary/aromatic N) is 1. The SMILES string of the molecule is O=C(NN[C@@H]1CC(=O)N(CCc2ccccc2)C1=O)c1ccc(Cl)cc1Cl. The zero-order chi connectivity index (χ0) is 19.4. The molecule has 0 bridgehead atoms. The van der Waals surface area contributed by atoms with E-state index in [1.807, 2.05) is 30.3 Å². The molecule has 3 rings (SSSR count). The van der Waals surface area contributed by atoms with Crippen LogP contribution >= 0.6 is 23.2 Å². The molecule has 1 fully saturated rings. The van der Waals surface area contributed by atoms with Gasteiger partial charge in [-0.2, -0.15) is 0 Å². The first-order valence-electron chi connectivity index (χ1n) is 8.35. The maximum Gasteiger partial charge on any atom is 0.266 e. The van der Waals surface area contributed by atoms with Gasteiger partial charge in [0, 0.05) is 11.6 Å². The van der Waals surface area contributed by atoms with Gasteiger partial charge in [-0.05, 0) is 30.2 Å². The van der Waals surface area contributed by atoms with E-state index in [1.165, 1.54) is 23.1 Å². The third-order valence-electron chi connectivity index (χ3n) is 4.25. The molecule has 0 unspecified atom stereocenters. The summed E-state index contributed by atoms with van der Waals surface area (Å²) in [6.07, 6.45) is 0.569. The van der Waals surface area contributed by atoms with Crippen LogP contribution < -0.4 is 10.9 Å². The van der Waals surface area contributed by atoms with E-state index in [2.05, 4.69) is 10.9 Å². The molecule has 8 heteroatoms. The summed E-state index contributed by atoms with van der Waals surface area (Å²) in [6, 6.07) is 13.3. The number of hydrogen-bond donors (Lipinski definition) is 2. The highest BCUT2D eigenvalue weighted by molar-refractivity contribution is 6.36. The van der Waals surface area contributed by atoms with Crippen molar-refractivity contribution in [3.05, 3.63) is 69.7 Å². The molecule has 3 amide bonds. The normalized spacial score (nSPS) is 16.7. The number of likely N-dealkylation sites (tertiary alicyclic amines) is 1. The van der Waals surface area contributed by atoms with E-state index >= 15 is 0 Å². The van der Waals surface area contributed by atoms with Gasteiger partial charge in [-0.1, -0.05) is 53.5 Å². The number of carbonyl (C=O) groups excluding carboxylic acids is 3. The topological polar surface area (TPSA) is 78.5 Å². The molecule has 0 radical (unpaired) electrons. The van der Waals surface area contributed by atoms with Crippen molar-refractivity contribution < 1.29 is 14.4 Å². The fraction of sp³-hybridized carbons (Fsp3) is 0.211. The molecule has 1 aliphatic heterocycles. The van der Waals surface area contributed by atoms with Crippen LogP contribution in [0.25, 0.3) is 0 Å². The summed E-state index contributed by atoms with van der Waals surface area (Å²) in [6.45, 7) is 0.302. The first kappa shape index (κ1) is 19.4. The quantitative estimate of drug-likeness (QED) is 0.571. The third kappa shape index (κ3) is 4.66. The van der Waals surface area contributed by atoms with Gasteiger partial charge in [0.15, 0.2) is 0 Å². The Labute approximate surface area is 166 Å².